The van der Waals surface area contributed by atoms with Crippen LogP contribution in [0.15, 0.2) is 36.4 Å². The molecule has 0 heterocycles. The van der Waals surface area contributed by atoms with E-state index >= 15 is 0 Å². The average Bonchev–Trinajstić information content (AvgIpc) is 2.37. The van der Waals surface area contributed by atoms with Gasteiger partial charge in [0, 0.05) is 23.1 Å². The SMILES string of the molecule is COc1cc(Nc2cccc(N)c2C)ccc1Cl. The summed E-state index contributed by atoms with van der Waals surface area (Å²) >= 11 is 5.98. The minimum atomic E-state index is 0.590. The first-order valence-electron chi connectivity index (χ1n) is 5.57. The third-order valence-corrected chi connectivity index (χ3v) is 3.12. The van der Waals surface area contributed by atoms with Crippen LogP contribution in [-0.2, 0) is 0 Å². The molecule has 0 atom stereocenters. The van der Waals surface area contributed by atoms with E-state index in [1.54, 1.807) is 13.2 Å². The van der Waals surface area contributed by atoms with Crippen molar-refractivity contribution in [2.45, 2.75) is 6.92 Å². The highest BCUT2D eigenvalue weighted by molar-refractivity contribution is 6.32. The zero-order valence-corrected chi connectivity index (χ0v) is 11.1. The molecule has 0 saturated heterocycles. The van der Waals surface area contributed by atoms with Crippen molar-refractivity contribution in [1.29, 1.82) is 0 Å². The number of halogens is 1. The Morgan fingerprint density at radius 2 is 2.00 bits per heavy atom. The van der Waals surface area contributed by atoms with Crippen LogP contribution in [0, 0.1) is 6.92 Å². The van der Waals surface area contributed by atoms with Crippen LogP contribution in [0.1, 0.15) is 5.56 Å². The van der Waals surface area contributed by atoms with Crippen LogP contribution >= 0.6 is 11.6 Å². The maximum absolute atomic E-state index is 5.98. The number of hydrogen-bond donors (Lipinski definition) is 2. The van der Waals surface area contributed by atoms with Crippen LogP contribution in [0.2, 0.25) is 5.02 Å². The lowest BCUT2D eigenvalue weighted by atomic mass is 10.1. The van der Waals surface area contributed by atoms with Gasteiger partial charge in [-0.25, -0.2) is 0 Å². The first-order valence-corrected chi connectivity index (χ1v) is 5.95. The zero-order chi connectivity index (χ0) is 13.1. The Labute approximate surface area is 112 Å². The lowest BCUT2D eigenvalue weighted by Crippen LogP contribution is -1.97. The van der Waals surface area contributed by atoms with E-state index in [4.69, 9.17) is 22.1 Å². The van der Waals surface area contributed by atoms with Crippen molar-refractivity contribution >= 4 is 28.7 Å². The van der Waals surface area contributed by atoms with Crippen LogP contribution in [0.5, 0.6) is 5.75 Å². The number of nitrogen functional groups attached to an aromatic ring is 1. The monoisotopic (exact) mass is 262 g/mol. The number of hydrogen-bond acceptors (Lipinski definition) is 3. The van der Waals surface area contributed by atoms with Gasteiger partial charge in [-0.2, -0.15) is 0 Å². The standard InChI is InChI=1S/C14H15ClN2O/c1-9-12(16)4-3-5-13(9)17-10-6-7-11(15)14(8-10)18-2/h3-8,17H,16H2,1-2H3. The van der Waals surface area contributed by atoms with Gasteiger partial charge < -0.3 is 15.8 Å². The first-order chi connectivity index (χ1) is 8.61. The molecule has 2 rings (SSSR count). The Kier molecular flexibility index (Phi) is 3.63. The lowest BCUT2D eigenvalue weighted by molar-refractivity contribution is 0.415. The van der Waals surface area contributed by atoms with Crippen molar-refractivity contribution in [2.24, 2.45) is 0 Å². The Morgan fingerprint density at radius 1 is 1.22 bits per heavy atom. The number of nitrogens with two attached hydrogens (primary N) is 1. The fourth-order valence-electron chi connectivity index (χ4n) is 1.68. The number of methoxy groups -OCH3 is 1. The molecule has 0 bridgehead atoms. The van der Waals surface area contributed by atoms with E-state index in [-0.39, 0.29) is 0 Å². The van der Waals surface area contributed by atoms with E-state index in [1.807, 2.05) is 37.3 Å². The molecule has 0 saturated carbocycles. The molecule has 2 aromatic rings. The third-order valence-electron chi connectivity index (χ3n) is 2.81. The molecule has 0 spiro atoms. The van der Waals surface area contributed by atoms with Gasteiger partial charge in [-0.3, -0.25) is 0 Å². The van der Waals surface area contributed by atoms with Gasteiger partial charge in [-0.05, 0) is 36.8 Å². The van der Waals surface area contributed by atoms with Gasteiger partial charge in [0.15, 0.2) is 0 Å². The second kappa shape index (κ2) is 5.19. The van der Waals surface area contributed by atoms with Crippen molar-refractivity contribution in [3.05, 3.63) is 47.0 Å². The van der Waals surface area contributed by atoms with Crippen LogP contribution in [0.3, 0.4) is 0 Å². The molecule has 0 aliphatic heterocycles. The van der Waals surface area contributed by atoms with Crippen molar-refractivity contribution in [1.82, 2.24) is 0 Å². The topological polar surface area (TPSA) is 47.3 Å². The van der Waals surface area contributed by atoms with Crippen molar-refractivity contribution in [3.8, 4) is 5.75 Å². The minimum absolute atomic E-state index is 0.590. The van der Waals surface area contributed by atoms with E-state index in [0.717, 1.165) is 22.6 Å². The molecule has 18 heavy (non-hydrogen) atoms. The fraction of sp³-hybridized carbons (Fsp3) is 0.143. The summed E-state index contributed by atoms with van der Waals surface area (Å²) in [4.78, 5) is 0. The minimum Gasteiger partial charge on any atom is -0.495 e. The lowest BCUT2D eigenvalue weighted by Gasteiger charge is -2.12. The highest BCUT2D eigenvalue weighted by atomic mass is 35.5. The highest BCUT2D eigenvalue weighted by Gasteiger charge is 2.05. The molecule has 4 heteroatoms. The summed E-state index contributed by atoms with van der Waals surface area (Å²) in [6, 6.07) is 11.3. The second-order valence-electron chi connectivity index (χ2n) is 3.99. The maximum atomic E-state index is 5.98. The number of ether oxygens (including phenoxy) is 1. The summed E-state index contributed by atoms with van der Waals surface area (Å²) in [6.07, 6.45) is 0. The van der Waals surface area contributed by atoms with Crippen molar-refractivity contribution < 1.29 is 4.74 Å². The van der Waals surface area contributed by atoms with Crippen LogP contribution in [0.25, 0.3) is 0 Å². The predicted molar refractivity (Wildman–Crippen MR) is 76.9 cm³/mol. The molecule has 3 N–H and O–H groups in total. The van der Waals surface area contributed by atoms with Crippen LogP contribution in [0.4, 0.5) is 17.1 Å². The second-order valence-corrected chi connectivity index (χ2v) is 4.40. The molecular weight excluding hydrogens is 248 g/mol. The van der Waals surface area contributed by atoms with Gasteiger partial charge in [-0.15, -0.1) is 0 Å². The van der Waals surface area contributed by atoms with Gasteiger partial charge in [0.1, 0.15) is 5.75 Å². The molecule has 0 aromatic heterocycles. The number of benzene rings is 2. The van der Waals surface area contributed by atoms with Gasteiger partial charge in [0.25, 0.3) is 0 Å². The zero-order valence-electron chi connectivity index (χ0n) is 10.3. The molecule has 0 fully saturated rings. The van der Waals surface area contributed by atoms with Crippen molar-refractivity contribution in [2.75, 3.05) is 18.2 Å². The summed E-state index contributed by atoms with van der Waals surface area (Å²) in [7, 11) is 1.59. The van der Waals surface area contributed by atoms with E-state index in [0.29, 0.717) is 10.8 Å². The van der Waals surface area contributed by atoms with Crippen LogP contribution in [-0.4, -0.2) is 7.11 Å². The Bertz CT molecular complexity index is 570. The molecule has 0 unspecified atom stereocenters. The largest absolute Gasteiger partial charge is 0.495 e. The molecule has 0 amide bonds. The maximum Gasteiger partial charge on any atom is 0.139 e. The number of nitrogens with one attached hydrogen (secondary N) is 1. The quantitative estimate of drug-likeness (QED) is 0.823. The molecule has 3 nitrogen and oxygen atoms in total. The molecule has 0 aliphatic carbocycles. The average molecular weight is 263 g/mol. The van der Waals surface area contributed by atoms with E-state index in [2.05, 4.69) is 5.32 Å². The Balaban J connectivity index is 2.31. The Morgan fingerprint density at radius 3 is 2.72 bits per heavy atom. The van der Waals surface area contributed by atoms with E-state index in [1.165, 1.54) is 0 Å². The molecule has 0 aliphatic rings. The first kappa shape index (κ1) is 12.6. The molecule has 94 valence electrons. The van der Waals surface area contributed by atoms with Gasteiger partial charge in [0.2, 0.25) is 0 Å². The third kappa shape index (κ3) is 2.51. The number of anilines is 3. The summed E-state index contributed by atoms with van der Waals surface area (Å²) in [5.74, 6) is 0.642. The summed E-state index contributed by atoms with van der Waals surface area (Å²) in [5, 5.41) is 3.89. The molecule has 2 aromatic carbocycles. The van der Waals surface area contributed by atoms with Gasteiger partial charge in [-0.1, -0.05) is 17.7 Å². The summed E-state index contributed by atoms with van der Waals surface area (Å²) in [5.41, 5.74) is 9.53. The molecule has 0 radical (unpaired) electrons. The van der Waals surface area contributed by atoms with Crippen LogP contribution < -0.4 is 15.8 Å². The fourth-order valence-corrected chi connectivity index (χ4v) is 1.88. The van der Waals surface area contributed by atoms with E-state index in [9.17, 15) is 0 Å². The van der Waals surface area contributed by atoms with Gasteiger partial charge >= 0.3 is 0 Å². The molecular formula is C14H15ClN2O. The van der Waals surface area contributed by atoms with Gasteiger partial charge in [0.05, 0.1) is 12.1 Å². The van der Waals surface area contributed by atoms with Crippen molar-refractivity contribution in [3.63, 3.8) is 0 Å². The number of rotatable bonds is 3. The van der Waals surface area contributed by atoms with E-state index < -0.39 is 0 Å². The summed E-state index contributed by atoms with van der Waals surface area (Å²) in [6.45, 7) is 1.98. The predicted octanol–water partition coefficient (Wildman–Crippen LogP) is 3.98. The Hall–Kier alpha value is -1.87. The normalized spacial score (nSPS) is 10.2. The highest BCUT2D eigenvalue weighted by Crippen LogP contribution is 2.30. The smallest absolute Gasteiger partial charge is 0.139 e. The summed E-state index contributed by atoms with van der Waals surface area (Å²) < 4.78 is 5.18.